The van der Waals surface area contributed by atoms with E-state index in [1.807, 2.05) is 31.2 Å². The van der Waals surface area contributed by atoms with E-state index in [1.165, 1.54) is 31.4 Å². The van der Waals surface area contributed by atoms with E-state index in [2.05, 4.69) is 40.2 Å². The van der Waals surface area contributed by atoms with Gasteiger partial charge < -0.3 is 9.88 Å². The summed E-state index contributed by atoms with van der Waals surface area (Å²) in [5.41, 5.74) is 3.06. The summed E-state index contributed by atoms with van der Waals surface area (Å²) < 4.78 is 2.18. The fraction of sp³-hybridized carbons (Fsp3) is 0.476. The van der Waals surface area contributed by atoms with Crippen LogP contribution in [0, 0.1) is 6.92 Å². The lowest BCUT2D eigenvalue weighted by Crippen LogP contribution is -2.39. The molecular formula is C21H29N3O. The van der Waals surface area contributed by atoms with Crippen LogP contribution in [0.2, 0.25) is 0 Å². The van der Waals surface area contributed by atoms with Crippen molar-refractivity contribution < 1.29 is 4.79 Å². The molecule has 4 nitrogen and oxygen atoms in total. The number of aryl methyl sites for hydroxylation is 2. The summed E-state index contributed by atoms with van der Waals surface area (Å²) in [5, 5.41) is 3.18. The fourth-order valence-electron chi connectivity index (χ4n) is 3.76. The van der Waals surface area contributed by atoms with E-state index in [0.29, 0.717) is 6.54 Å². The van der Waals surface area contributed by atoms with Crippen molar-refractivity contribution in [1.82, 2.24) is 14.8 Å². The van der Waals surface area contributed by atoms with Gasteiger partial charge >= 0.3 is 0 Å². The maximum Gasteiger partial charge on any atom is 0.251 e. The first-order valence-corrected chi connectivity index (χ1v) is 9.36. The lowest BCUT2D eigenvalue weighted by molar-refractivity contribution is 0.0931. The molecule has 2 aromatic rings. The molecule has 1 unspecified atom stereocenters. The van der Waals surface area contributed by atoms with Crippen molar-refractivity contribution in [3.8, 4) is 0 Å². The molecule has 3 rings (SSSR count). The predicted molar refractivity (Wildman–Crippen MR) is 102 cm³/mol. The molecule has 1 saturated heterocycles. The van der Waals surface area contributed by atoms with Crippen molar-refractivity contribution in [2.45, 2.75) is 38.6 Å². The second-order valence-corrected chi connectivity index (χ2v) is 7.03. The van der Waals surface area contributed by atoms with Gasteiger partial charge in [-0.15, -0.1) is 0 Å². The first-order valence-electron chi connectivity index (χ1n) is 9.36. The number of rotatable bonds is 5. The number of likely N-dealkylation sites (tertiary alicyclic amines) is 1. The SMILES string of the molecule is Cc1ccccc1C(=O)NCC(c1cccn1C)N1CCCCCC1. The van der Waals surface area contributed by atoms with Gasteiger partial charge in [-0.1, -0.05) is 31.0 Å². The normalized spacial score (nSPS) is 17.0. The van der Waals surface area contributed by atoms with Gasteiger partial charge in [-0.2, -0.15) is 0 Å². The maximum absolute atomic E-state index is 12.6. The maximum atomic E-state index is 12.6. The summed E-state index contributed by atoms with van der Waals surface area (Å²) in [5.74, 6) is 0.0205. The van der Waals surface area contributed by atoms with Crippen molar-refractivity contribution in [3.05, 3.63) is 59.4 Å². The highest BCUT2D eigenvalue weighted by Crippen LogP contribution is 2.24. The zero-order valence-corrected chi connectivity index (χ0v) is 15.4. The molecule has 0 spiro atoms. The van der Waals surface area contributed by atoms with Crippen LogP contribution in [0.4, 0.5) is 0 Å². The number of carbonyl (C=O) groups is 1. The summed E-state index contributed by atoms with van der Waals surface area (Å²) in [6.07, 6.45) is 7.19. The average Bonchev–Trinajstić information content (AvgIpc) is 2.86. The van der Waals surface area contributed by atoms with Crippen LogP contribution >= 0.6 is 0 Å². The molecular weight excluding hydrogens is 310 g/mol. The van der Waals surface area contributed by atoms with E-state index >= 15 is 0 Å². The van der Waals surface area contributed by atoms with Gasteiger partial charge in [0.1, 0.15) is 0 Å². The molecule has 1 aliphatic rings. The Kier molecular flexibility index (Phi) is 5.92. The van der Waals surface area contributed by atoms with Gasteiger partial charge in [0.05, 0.1) is 6.04 Å². The molecule has 1 aromatic heterocycles. The number of hydrogen-bond donors (Lipinski definition) is 1. The van der Waals surface area contributed by atoms with Crippen molar-refractivity contribution in [3.63, 3.8) is 0 Å². The highest BCUT2D eigenvalue weighted by molar-refractivity contribution is 5.95. The molecule has 1 amide bonds. The first-order chi connectivity index (χ1) is 12.2. The highest BCUT2D eigenvalue weighted by atomic mass is 16.1. The van der Waals surface area contributed by atoms with Gasteiger partial charge in [0, 0.05) is 31.0 Å². The van der Waals surface area contributed by atoms with E-state index in [-0.39, 0.29) is 11.9 Å². The summed E-state index contributed by atoms with van der Waals surface area (Å²) >= 11 is 0. The minimum absolute atomic E-state index is 0.0205. The van der Waals surface area contributed by atoms with Gasteiger partial charge in [0.2, 0.25) is 0 Å². The Labute approximate surface area is 150 Å². The molecule has 1 atom stereocenters. The van der Waals surface area contributed by atoms with E-state index in [0.717, 1.165) is 24.2 Å². The molecule has 134 valence electrons. The molecule has 1 aromatic carbocycles. The monoisotopic (exact) mass is 339 g/mol. The van der Waals surface area contributed by atoms with E-state index in [9.17, 15) is 4.79 Å². The van der Waals surface area contributed by atoms with Crippen LogP contribution in [0.1, 0.15) is 53.3 Å². The van der Waals surface area contributed by atoms with Crippen LogP contribution in [0.3, 0.4) is 0 Å². The molecule has 0 saturated carbocycles. The number of hydrogen-bond acceptors (Lipinski definition) is 2. The zero-order chi connectivity index (χ0) is 17.6. The largest absolute Gasteiger partial charge is 0.353 e. The van der Waals surface area contributed by atoms with Crippen molar-refractivity contribution in [2.75, 3.05) is 19.6 Å². The summed E-state index contributed by atoms with van der Waals surface area (Å²) in [6.45, 7) is 4.84. The van der Waals surface area contributed by atoms with Crippen molar-refractivity contribution in [1.29, 1.82) is 0 Å². The first kappa shape index (κ1) is 17.7. The van der Waals surface area contributed by atoms with Crippen LogP contribution in [-0.4, -0.2) is 35.0 Å². The van der Waals surface area contributed by atoms with Crippen LogP contribution in [-0.2, 0) is 7.05 Å². The van der Waals surface area contributed by atoms with Gasteiger partial charge in [0.15, 0.2) is 0 Å². The third-order valence-electron chi connectivity index (χ3n) is 5.25. The van der Waals surface area contributed by atoms with Crippen LogP contribution in [0.25, 0.3) is 0 Å². The van der Waals surface area contributed by atoms with Gasteiger partial charge in [-0.25, -0.2) is 0 Å². The van der Waals surface area contributed by atoms with Crippen molar-refractivity contribution in [2.24, 2.45) is 7.05 Å². The fourth-order valence-corrected chi connectivity index (χ4v) is 3.76. The Morgan fingerprint density at radius 1 is 1.08 bits per heavy atom. The smallest absolute Gasteiger partial charge is 0.251 e. The molecule has 2 heterocycles. The quantitative estimate of drug-likeness (QED) is 0.902. The number of benzene rings is 1. The predicted octanol–water partition coefficient (Wildman–Crippen LogP) is 3.68. The summed E-state index contributed by atoms with van der Waals surface area (Å²) in [7, 11) is 2.09. The van der Waals surface area contributed by atoms with Gasteiger partial charge in [-0.3, -0.25) is 9.69 Å². The Bertz CT molecular complexity index is 699. The standard InChI is InChI=1S/C21H29N3O/c1-17-10-5-6-11-18(17)21(25)22-16-20(19-12-9-13-23(19)2)24-14-7-3-4-8-15-24/h5-6,9-13,20H,3-4,7-8,14-16H2,1-2H3,(H,22,25). The van der Waals surface area contributed by atoms with Crippen molar-refractivity contribution >= 4 is 5.91 Å². The molecule has 1 N–H and O–H groups in total. The second kappa shape index (κ2) is 8.34. The topological polar surface area (TPSA) is 37.3 Å². The molecule has 1 fully saturated rings. The molecule has 0 radical (unpaired) electrons. The molecule has 0 aliphatic carbocycles. The molecule has 1 aliphatic heterocycles. The number of nitrogens with zero attached hydrogens (tertiary/aromatic N) is 2. The third-order valence-corrected chi connectivity index (χ3v) is 5.25. The molecule has 25 heavy (non-hydrogen) atoms. The number of nitrogens with one attached hydrogen (secondary N) is 1. The average molecular weight is 339 g/mol. The zero-order valence-electron chi connectivity index (χ0n) is 15.4. The van der Waals surface area contributed by atoms with Crippen LogP contribution in [0.5, 0.6) is 0 Å². The van der Waals surface area contributed by atoms with Gasteiger partial charge in [0.25, 0.3) is 5.91 Å². The summed E-state index contributed by atoms with van der Waals surface area (Å²) in [6, 6.07) is 12.3. The number of carbonyl (C=O) groups excluding carboxylic acids is 1. The Hall–Kier alpha value is -2.07. The van der Waals surface area contributed by atoms with Crippen LogP contribution in [0.15, 0.2) is 42.6 Å². The third kappa shape index (κ3) is 4.31. The lowest BCUT2D eigenvalue weighted by atomic mass is 10.1. The number of amides is 1. The lowest BCUT2D eigenvalue weighted by Gasteiger charge is -2.31. The van der Waals surface area contributed by atoms with E-state index in [4.69, 9.17) is 0 Å². The Balaban J connectivity index is 1.75. The summed E-state index contributed by atoms with van der Waals surface area (Å²) in [4.78, 5) is 15.2. The molecule has 4 heteroatoms. The Morgan fingerprint density at radius 3 is 2.44 bits per heavy atom. The highest BCUT2D eigenvalue weighted by Gasteiger charge is 2.24. The van der Waals surface area contributed by atoms with E-state index < -0.39 is 0 Å². The second-order valence-electron chi connectivity index (χ2n) is 7.03. The van der Waals surface area contributed by atoms with Crippen LogP contribution < -0.4 is 5.32 Å². The minimum Gasteiger partial charge on any atom is -0.353 e. The Morgan fingerprint density at radius 2 is 1.80 bits per heavy atom. The minimum atomic E-state index is 0.0205. The number of aromatic nitrogens is 1. The van der Waals surface area contributed by atoms with Gasteiger partial charge in [-0.05, 0) is 56.6 Å². The molecule has 0 bridgehead atoms. The van der Waals surface area contributed by atoms with E-state index in [1.54, 1.807) is 0 Å².